The lowest BCUT2D eigenvalue weighted by atomic mass is 10.2. The quantitative estimate of drug-likeness (QED) is 0.738. The third kappa shape index (κ3) is 5.71. The van der Waals surface area contributed by atoms with Crippen LogP contribution in [0.4, 0.5) is 0 Å². The zero-order chi connectivity index (χ0) is 14.2. The first-order valence-electron chi connectivity index (χ1n) is 6.76. The molecular formula is C15H20BrN3S. The summed E-state index contributed by atoms with van der Waals surface area (Å²) in [5.41, 5.74) is 1.16. The van der Waals surface area contributed by atoms with Crippen molar-refractivity contribution in [2.45, 2.75) is 13.0 Å². The van der Waals surface area contributed by atoms with Gasteiger partial charge < -0.3 is 10.2 Å². The average molecular weight is 354 g/mol. The Bertz CT molecular complexity index is 501. The van der Waals surface area contributed by atoms with Crippen molar-refractivity contribution in [3.63, 3.8) is 0 Å². The van der Waals surface area contributed by atoms with Gasteiger partial charge in [0.05, 0.1) is 0 Å². The minimum absolute atomic E-state index is 0.949. The normalized spacial score (nSPS) is 11.2. The molecule has 0 atom stereocenters. The number of pyridine rings is 1. The largest absolute Gasteiger partial charge is 0.311 e. The third-order valence-corrected chi connectivity index (χ3v) is 4.76. The lowest BCUT2D eigenvalue weighted by molar-refractivity contribution is 0.334. The van der Waals surface area contributed by atoms with E-state index in [-0.39, 0.29) is 0 Å². The number of thiophene rings is 1. The molecule has 0 saturated heterocycles. The van der Waals surface area contributed by atoms with Crippen LogP contribution in [0.3, 0.4) is 0 Å². The van der Waals surface area contributed by atoms with Crippen molar-refractivity contribution < 1.29 is 0 Å². The van der Waals surface area contributed by atoms with Gasteiger partial charge in [0.25, 0.3) is 0 Å². The molecule has 3 nitrogen and oxygen atoms in total. The monoisotopic (exact) mass is 353 g/mol. The number of nitrogens with zero attached hydrogens (tertiary/aromatic N) is 2. The fraction of sp³-hybridized carbons (Fsp3) is 0.400. The van der Waals surface area contributed by atoms with Gasteiger partial charge >= 0.3 is 0 Å². The molecule has 0 amide bonds. The molecule has 0 bridgehead atoms. The molecule has 5 heteroatoms. The number of likely N-dealkylation sites (N-methyl/N-ethyl adjacent to an activating group) is 1. The Hall–Kier alpha value is -0.750. The SMILES string of the molecule is CN(CCNCc1cc(Br)cs1)CCc1ccccn1. The second-order valence-corrected chi connectivity index (χ2v) is 6.69. The summed E-state index contributed by atoms with van der Waals surface area (Å²) in [6.07, 6.45) is 2.87. The fourth-order valence-electron chi connectivity index (χ4n) is 1.89. The van der Waals surface area contributed by atoms with E-state index in [9.17, 15) is 0 Å². The second kappa shape index (κ2) is 8.52. The first-order chi connectivity index (χ1) is 9.74. The Morgan fingerprint density at radius 3 is 2.95 bits per heavy atom. The van der Waals surface area contributed by atoms with E-state index in [0.717, 1.165) is 38.3 Å². The Morgan fingerprint density at radius 1 is 1.35 bits per heavy atom. The Kier molecular flexibility index (Phi) is 6.66. The molecule has 0 unspecified atom stereocenters. The van der Waals surface area contributed by atoms with Crippen LogP contribution in [-0.2, 0) is 13.0 Å². The van der Waals surface area contributed by atoms with Gasteiger partial charge in [0.1, 0.15) is 0 Å². The molecule has 1 N–H and O–H groups in total. The molecule has 2 heterocycles. The molecule has 2 aromatic heterocycles. The van der Waals surface area contributed by atoms with E-state index in [1.807, 2.05) is 18.3 Å². The zero-order valence-electron chi connectivity index (χ0n) is 11.7. The molecule has 0 aromatic carbocycles. The maximum atomic E-state index is 4.34. The summed E-state index contributed by atoms with van der Waals surface area (Å²) >= 11 is 5.26. The molecule has 0 fully saturated rings. The van der Waals surface area contributed by atoms with E-state index < -0.39 is 0 Å². The van der Waals surface area contributed by atoms with E-state index in [2.05, 4.69) is 55.7 Å². The summed E-state index contributed by atoms with van der Waals surface area (Å²) in [5.74, 6) is 0. The van der Waals surface area contributed by atoms with E-state index in [0.29, 0.717) is 0 Å². The lowest BCUT2D eigenvalue weighted by Crippen LogP contribution is -2.30. The molecule has 20 heavy (non-hydrogen) atoms. The van der Waals surface area contributed by atoms with Gasteiger partial charge in [0.15, 0.2) is 0 Å². The van der Waals surface area contributed by atoms with Gasteiger partial charge in [-0.3, -0.25) is 4.98 Å². The van der Waals surface area contributed by atoms with Crippen molar-refractivity contribution in [2.75, 3.05) is 26.7 Å². The smallest absolute Gasteiger partial charge is 0.0416 e. The van der Waals surface area contributed by atoms with Crippen LogP contribution < -0.4 is 5.32 Å². The zero-order valence-corrected chi connectivity index (χ0v) is 14.1. The highest BCUT2D eigenvalue weighted by atomic mass is 79.9. The van der Waals surface area contributed by atoms with Gasteiger partial charge in [-0.15, -0.1) is 11.3 Å². The van der Waals surface area contributed by atoms with Crippen molar-refractivity contribution in [3.8, 4) is 0 Å². The van der Waals surface area contributed by atoms with Crippen LogP contribution in [0.5, 0.6) is 0 Å². The molecule has 2 rings (SSSR count). The fourth-order valence-corrected chi connectivity index (χ4v) is 3.31. The van der Waals surface area contributed by atoms with Crippen molar-refractivity contribution in [1.82, 2.24) is 15.2 Å². The van der Waals surface area contributed by atoms with Gasteiger partial charge in [-0.2, -0.15) is 0 Å². The summed E-state index contributed by atoms with van der Waals surface area (Å²) in [7, 11) is 2.16. The van der Waals surface area contributed by atoms with Gasteiger partial charge in [0, 0.05) is 59.2 Å². The number of rotatable bonds is 8. The topological polar surface area (TPSA) is 28.2 Å². The number of nitrogens with one attached hydrogen (secondary N) is 1. The van der Waals surface area contributed by atoms with Gasteiger partial charge in [0.2, 0.25) is 0 Å². The van der Waals surface area contributed by atoms with Crippen LogP contribution in [0, 0.1) is 0 Å². The number of hydrogen-bond donors (Lipinski definition) is 1. The Labute approximate surface area is 133 Å². The molecule has 0 aliphatic heterocycles. The first kappa shape index (κ1) is 15.6. The molecule has 0 aliphatic rings. The number of aromatic nitrogens is 1. The van der Waals surface area contributed by atoms with Crippen LogP contribution >= 0.6 is 27.3 Å². The lowest BCUT2D eigenvalue weighted by Gasteiger charge is -2.16. The van der Waals surface area contributed by atoms with Crippen LogP contribution in [0.2, 0.25) is 0 Å². The van der Waals surface area contributed by atoms with Crippen LogP contribution in [0.25, 0.3) is 0 Å². The third-order valence-electron chi connectivity index (χ3n) is 3.07. The molecule has 108 valence electrons. The summed E-state index contributed by atoms with van der Waals surface area (Å²) in [4.78, 5) is 8.05. The highest BCUT2D eigenvalue weighted by molar-refractivity contribution is 9.10. The summed E-state index contributed by atoms with van der Waals surface area (Å²) in [6, 6.07) is 8.26. The molecular weight excluding hydrogens is 334 g/mol. The summed E-state index contributed by atoms with van der Waals surface area (Å²) < 4.78 is 1.17. The van der Waals surface area contributed by atoms with E-state index in [1.54, 1.807) is 11.3 Å². The number of hydrogen-bond acceptors (Lipinski definition) is 4. The second-order valence-electron chi connectivity index (χ2n) is 4.78. The predicted molar refractivity (Wildman–Crippen MR) is 89.2 cm³/mol. The highest BCUT2D eigenvalue weighted by Gasteiger charge is 2.01. The van der Waals surface area contributed by atoms with Gasteiger partial charge in [-0.1, -0.05) is 6.07 Å². The summed E-state index contributed by atoms with van der Waals surface area (Å²) in [5, 5.41) is 5.60. The number of halogens is 1. The van der Waals surface area contributed by atoms with Crippen molar-refractivity contribution in [1.29, 1.82) is 0 Å². The Balaban J connectivity index is 1.57. The maximum Gasteiger partial charge on any atom is 0.0416 e. The molecule has 0 aliphatic carbocycles. The minimum Gasteiger partial charge on any atom is -0.311 e. The van der Waals surface area contributed by atoms with Crippen LogP contribution in [0.1, 0.15) is 10.6 Å². The van der Waals surface area contributed by atoms with Crippen molar-refractivity contribution in [2.24, 2.45) is 0 Å². The highest BCUT2D eigenvalue weighted by Crippen LogP contribution is 2.19. The summed E-state index contributed by atoms with van der Waals surface area (Å²) in [6.45, 7) is 4.06. The van der Waals surface area contributed by atoms with E-state index in [1.165, 1.54) is 9.35 Å². The van der Waals surface area contributed by atoms with E-state index >= 15 is 0 Å². The molecule has 0 saturated carbocycles. The van der Waals surface area contributed by atoms with Crippen molar-refractivity contribution >= 4 is 27.3 Å². The van der Waals surface area contributed by atoms with Crippen LogP contribution in [-0.4, -0.2) is 36.6 Å². The molecule has 0 spiro atoms. The molecule has 0 radical (unpaired) electrons. The first-order valence-corrected chi connectivity index (χ1v) is 8.43. The molecule has 2 aromatic rings. The predicted octanol–water partition coefficient (Wildman–Crippen LogP) is 3.17. The standard InChI is InChI=1S/C15H20BrN3S/c1-19(8-5-14-4-2-3-6-18-14)9-7-17-11-15-10-13(16)12-20-15/h2-4,6,10,12,17H,5,7-9,11H2,1H3. The Morgan fingerprint density at radius 2 is 2.25 bits per heavy atom. The van der Waals surface area contributed by atoms with E-state index in [4.69, 9.17) is 0 Å². The average Bonchev–Trinajstić information content (AvgIpc) is 2.88. The van der Waals surface area contributed by atoms with Gasteiger partial charge in [-0.25, -0.2) is 0 Å². The van der Waals surface area contributed by atoms with Crippen molar-refractivity contribution in [3.05, 3.63) is 50.9 Å². The minimum atomic E-state index is 0.949. The van der Waals surface area contributed by atoms with Gasteiger partial charge in [-0.05, 0) is 41.2 Å². The maximum absolute atomic E-state index is 4.34. The van der Waals surface area contributed by atoms with Crippen LogP contribution in [0.15, 0.2) is 40.3 Å².